The van der Waals surface area contributed by atoms with Crippen molar-refractivity contribution in [1.29, 1.82) is 0 Å². The number of nitrogens with zero attached hydrogens (tertiary/aromatic N) is 2. The van der Waals surface area contributed by atoms with Crippen LogP contribution >= 0.6 is 0 Å². The van der Waals surface area contributed by atoms with Crippen LogP contribution in [0.15, 0.2) is 30.3 Å². The number of carbonyl (C=O) groups is 1. The number of aromatic nitrogens is 2. The van der Waals surface area contributed by atoms with Gasteiger partial charge in [0.05, 0.1) is 11.4 Å². The van der Waals surface area contributed by atoms with Crippen LogP contribution in [-0.4, -0.2) is 15.7 Å². The summed E-state index contributed by atoms with van der Waals surface area (Å²) in [7, 11) is 0. The molecule has 0 saturated heterocycles. The average molecular weight is 258 g/mol. The van der Waals surface area contributed by atoms with Gasteiger partial charge in [0.15, 0.2) is 5.82 Å². The second-order valence-electron chi connectivity index (χ2n) is 4.71. The summed E-state index contributed by atoms with van der Waals surface area (Å²) >= 11 is 0. The summed E-state index contributed by atoms with van der Waals surface area (Å²) in [4.78, 5) is 12.0. The number of hydrogen-bond acceptors (Lipinski definition) is 3. The number of benzene rings is 1. The Labute approximate surface area is 112 Å². The Morgan fingerprint density at radius 3 is 2.47 bits per heavy atom. The molecule has 0 saturated carbocycles. The number of anilines is 2. The van der Waals surface area contributed by atoms with Crippen molar-refractivity contribution in [2.24, 2.45) is 0 Å². The molecule has 1 heterocycles. The number of amides is 1. The Morgan fingerprint density at radius 2 is 1.95 bits per heavy atom. The molecule has 19 heavy (non-hydrogen) atoms. The van der Waals surface area contributed by atoms with Gasteiger partial charge in [-0.05, 0) is 32.9 Å². The van der Waals surface area contributed by atoms with Crippen molar-refractivity contribution >= 4 is 17.4 Å². The van der Waals surface area contributed by atoms with Crippen molar-refractivity contribution in [1.82, 2.24) is 9.78 Å². The highest BCUT2D eigenvalue weighted by Gasteiger charge is 2.16. The van der Waals surface area contributed by atoms with Crippen LogP contribution in [0.5, 0.6) is 0 Å². The largest absolute Gasteiger partial charge is 0.394 e. The molecular formula is C14H18N4O. The number of nitrogen functional groups attached to an aromatic ring is 1. The molecule has 0 bridgehead atoms. The number of carbonyl (C=O) groups excluding carboxylic acids is 1. The van der Waals surface area contributed by atoms with Crippen molar-refractivity contribution in [2.75, 3.05) is 11.1 Å². The molecule has 2 rings (SSSR count). The zero-order chi connectivity index (χ0) is 14.0. The number of nitrogens with two attached hydrogens (primary N) is 1. The van der Waals surface area contributed by atoms with Gasteiger partial charge < -0.3 is 11.1 Å². The monoisotopic (exact) mass is 258 g/mol. The van der Waals surface area contributed by atoms with Gasteiger partial charge in [-0.3, -0.25) is 9.48 Å². The van der Waals surface area contributed by atoms with Gasteiger partial charge in [-0.2, -0.15) is 5.10 Å². The van der Waals surface area contributed by atoms with Crippen LogP contribution in [0.3, 0.4) is 0 Å². The van der Waals surface area contributed by atoms with E-state index in [0.29, 0.717) is 17.1 Å². The van der Waals surface area contributed by atoms with Crippen LogP contribution in [0.1, 0.15) is 35.9 Å². The Balaban J connectivity index is 2.25. The first-order valence-corrected chi connectivity index (χ1v) is 6.21. The Kier molecular flexibility index (Phi) is 3.55. The minimum atomic E-state index is -0.208. The molecular weight excluding hydrogens is 240 g/mol. The van der Waals surface area contributed by atoms with E-state index < -0.39 is 0 Å². The lowest BCUT2D eigenvalue weighted by atomic mass is 10.2. The minimum Gasteiger partial charge on any atom is -0.394 e. The molecule has 0 aliphatic carbocycles. The summed E-state index contributed by atoms with van der Waals surface area (Å²) in [5.74, 6) is 0.209. The normalized spacial score (nSPS) is 10.7. The lowest BCUT2D eigenvalue weighted by Gasteiger charge is -2.06. The van der Waals surface area contributed by atoms with E-state index >= 15 is 0 Å². The first kappa shape index (κ1) is 13.1. The molecule has 0 radical (unpaired) electrons. The fourth-order valence-electron chi connectivity index (χ4n) is 1.90. The van der Waals surface area contributed by atoms with Crippen LogP contribution in [0.25, 0.3) is 0 Å². The first-order chi connectivity index (χ1) is 9.00. The highest BCUT2D eigenvalue weighted by Crippen LogP contribution is 2.24. The van der Waals surface area contributed by atoms with E-state index in [0.717, 1.165) is 5.69 Å². The molecule has 1 aromatic heterocycles. The van der Waals surface area contributed by atoms with Gasteiger partial charge in [-0.25, -0.2) is 0 Å². The van der Waals surface area contributed by atoms with Crippen LogP contribution < -0.4 is 11.1 Å². The predicted octanol–water partition coefficient (Wildman–Crippen LogP) is 2.61. The van der Waals surface area contributed by atoms with E-state index in [2.05, 4.69) is 10.4 Å². The molecule has 3 N–H and O–H groups in total. The summed E-state index contributed by atoms with van der Waals surface area (Å²) in [6.07, 6.45) is 0. The van der Waals surface area contributed by atoms with E-state index in [1.165, 1.54) is 0 Å². The van der Waals surface area contributed by atoms with Crippen molar-refractivity contribution in [3.63, 3.8) is 0 Å². The summed E-state index contributed by atoms with van der Waals surface area (Å²) in [6, 6.07) is 9.19. The standard InChI is InChI=1S/C14H18N4O/c1-9(2)18-10(3)12(15)13(17-18)16-14(19)11-7-5-4-6-8-11/h4-9H,15H2,1-3H3,(H,16,17,19). The molecule has 0 fully saturated rings. The number of hydrogen-bond donors (Lipinski definition) is 2. The Morgan fingerprint density at radius 1 is 1.32 bits per heavy atom. The maximum atomic E-state index is 12.0. The molecule has 0 unspecified atom stereocenters. The Hall–Kier alpha value is -2.30. The lowest BCUT2D eigenvalue weighted by Crippen LogP contribution is -2.13. The maximum absolute atomic E-state index is 12.0. The topological polar surface area (TPSA) is 72.9 Å². The van der Waals surface area contributed by atoms with Gasteiger partial charge in [0.2, 0.25) is 0 Å². The van der Waals surface area contributed by atoms with Crippen molar-refractivity contribution in [3.8, 4) is 0 Å². The van der Waals surface area contributed by atoms with Crippen molar-refractivity contribution in [3.05, 3.63) is 41.6 Å². The second kappa shape index (κ2) is 5.14. The van der Waals surface area contributed by atoms with Gasteiger partial charge in [0.1, 0.15) is 0 Å². The molecule has 2 aromatic rings. The molecule has 1 amide bonds. The van der Waals surface area contributed by atoms with Crippen molar-refractivity contribution < 1.29 is 4.79 Å². The van der Waals surface area contributed by atoms with Gasteiger partial charge in [0.25, 0.3) is 5.91 Å². The fraction of sp³-hybridized carbons (Fsp3) is 0.286. The smallest absolute Gasteiger partial charge is 0.256 e. The van der Waals surface area contributed by atoms with Crippen molar-refractivity contribution in [2.45, 2.75) is 26.8 Å². The van der Waals surface area contributed by atoms with E-state index in [-0.39, 0.29) is 11.9 Å². The molecule has 0 aliphatic heterocycles. The number of nitrogens with one attached hydrogen (secondary N) is 1. The SMILES string of the molecule is Cc1c(N)c(NC(=O)c2ccccc2)nn1C(C)C. The molecule has 5 heteroatoms. The van der Waals surface area contributed by atoms with E-state index in [1.807, 2.05) is 39.0 Å². The fourth-order valence-corrected chi connectivity index (χ4v) is 1.90. The highest BCUT2D eigenvalue weighted by molar-refractivity contribution is 6.05. The summed E-state index contributed by atoms with van der Waals surface area (Å²) < 4.78 is 1.80. The van der Waals surface area contributed by atoms with Gasteiger partial charge in [-0.15, -0.1) is 0 Å². The molecule has 1 aromatic carbocycles. The summed E-state index contributed by atoms with van der Waals surface area (Å²) in [6.45, 7) is 5.92. The third-order valence-electron chi connectivity index (χ3n) is 2.95. The maximum Gasteiger partial charge on any atom is 0.256 e. The molecule has 0 spiro atoms. The zero-order valence-electron chi connectivity index (χ0n) is 11.3. The predicted molar refractivity (Wildman–Crippen MR) is 76.2 cm³/mol. The minimum absolute atomic E-state index is 0.199. The van der Waals surface area contributed by atoms with E-state index in [4.69, 9.17) is 5.73 Å². The number of rotatable bonds is 3. The average Bonchev–Trinajstić information content (AvgIpc) is 2.68. The highest BCUT2D eigenvalue weighted by atomic mass is 16.1. The van der Waals surface area contributed by atoms with E-state index in [1.54, 1.807) is 16.8 Å². The summed E-state index contributed by atoms with van der Waals surface area (Å²) in [5, 5.41) is 7.08. The lowest BCUT2D eigenvalue weighted by molar-refractivity contribution is 0.102. The molecule has 0 aliphatic rings. The van der Waals surface area contributed by atoms with Crippen LogP contribution in [-0.2, 0) is 0 Å². The van der Waals surface area contributed by atoms with Gasteiger partial charge >= 0.3 is 0 Å². The van der Waals surface area contributed by atoms with Crippen LogP contribution in [0, 0.1) is 6.92 Å². The van der Waals surface area contributed by atoms with Crippen LogP contribution in [0.2, 0.25) is 0 Å². The third-order valence-corrected chi connectivity index (χ3v) is 2.95. The third kappa shape index (κ3) is 2.59. The van der Waals surface area contributed by atoms with Gasteiger partial charge in [-0.1, -0.05) is 18.2 Å². The Bertz CT molecular complexity index is 587. The quantitative estimate of drug-likeness (QED) is 0.888. The zero-order valence-corrected chi connectivity index (χ0v) is 11.3. The van der Waals surface area contributed by atoms with E-state index in [9.17, 15) is 4.79 Å². The molecule has 100 valence electrons. The van der Waals surface area contributed by atoms with Gasteiger partial charge in [0, 0.05) is 11.6 Å². The van der Waals surface area contributed by atoms with Crippen LogP contribution in [0.4, 0.5) is 11.5 Å². The first-order valence-electron chi connectivity index (χ1n) is 6.21. The summed E-state index contributed by atoms with van der Waals surface area (Å²) in [5.41, 5.74) is 7.92. The molecule has 0 atom stereocenters. The second-order valence-corrected chi connectivity index (χ2v) is 4.71. The molecule has 5 nitrogen and oxygen atoms in total.